The van der Waals surface area contributed by atoms with Gasteiger partial charge in [0.05, 0.1) is 6.42 Å². The molecular weight excluding hydrogens is 386 g/mol. The third kappa shape index (κ3) is 4.49. The van der Waals surface area contributed by atoms with Crippen LogP contribution in [0, 0.1) is 0 Å². The Morgan fingerprint density at radius 3 is 2.32 bits per heavy atom. The van der Waals surface area contributed by atoms with Crippen LogP contribution in [0.25, 0.3) is 0 Å². The van der Waals surface area contributed by atoms with E-state index in [4.69, 9.17) is 19.8 Å². The van der Waals surface area contributed by atoms with E-state index in [1.165, 1.54) is 12.1 Å². The number of rotatable bonds is 7. The molecule has 0 bridgehead atoms. The Balaban J connectivity index is 1.73. The average molecular weight is 403 g/mol. The van der Waals surface area contributed by atoms with Gasteiger partial charge >= 0.3 is 16.1 Å². The summed E-state index contributed by atoms with van der Waals surface area (Å²) >= 11 is 0. The van der Waals surface area contributed by atoms with Crippen LogP contribution in [0.2, 0.25) is 0 Å². The molecule has 2 aromatic carbocycles. The maximum Gasteiger partial charge on any atom is 0.313 e. The molecule has 0 aliphatic carbocycles. The van der Waals surface area contributed by atoms with Crippen LogP contribution >= 0.6 is 0 Å². The fourth-order valence-electron chi connectivity index (χ4n) is 2.70. The lowest BCUT2D eigenvalue weighted by atomic mass is 10.0. The lowest BCUT2D eigenvalue weighted by molar-refractivity contribution is -0.136. The average Bonchev–Trinajstić information content (AvgIpc) is 2.90. The number of benzene rings is 2. The molecule has 1 unspecified atom stereocenters. The smallest absolute Gasteiger partial charge is 0.313 e. The summed E-state index contributed by atoms with van der Waals surface area (Å²) in [4.78, 5) is 23.3. The molecular formula is C19H17NO7S. The largest absolute Gasteiger partial charge is 0.481 e. The zero-order valence-electron chi connectivity index (χ0n) is 14.6. The van der Waals surface area contributed by atoms with E-state index >= 15 is 0 Å². The topological polar surface area (TPSA) is 133 Å². The summed E-state index contributed by atoms with van der Waals surface area (Å²) in [5, 5.41) is 8.80. The van der Waals surface area contributed by atoms with Gasteiger partial charge in [0.2, 0.25) is 17.4 Å². The number of ketones is 1. The summed E-state index contributed by atoms with van der Waals surface area (Å²) in [6.45, 7) is 0. The number of carboxylic acids is 1. The first kappa shape index (κ1) is 19.4. The minimum Gasteiger partial charge on any atom is -0.481 e. The number of Topliss-reactive ketones (excluding diaryl/α,β-unsaturated/α-hetero) is 1. The minimum atomic E-state index is -4.11. The molecule has 0 spiro atoms. The van der Waals surface area contributed by atoms with Gasteiger partial charge in [-0.1, -0.05) is 54.6 Å². The van der Waals surface area contributed by atoms with Crippen LogP contribution in [-0.4, -0.2) is 25.3 Å². The van der Waals surface area contributed by atoms with Gasteiger partial charge in [0.15, 0.2) is 6.10 Å². The normalized spacial score (nSPS) is 16.7. The maximum absolute atomic E-state index is 12.6. The second-order valence-electron chi connectivity index (χ2n) is 6.14. The predicted octanol–water partition coefficient (Wildman–Crippen LogP) is 1.63. The lowest BCUT2D eigenvalue weighted by Crippen LogP contribution is -2.16. The van der Waals surface area contributed by atoms with E-state index in [0.717, 1.165) is 0 Å². The van der Waals surface area contributed by atoms with Gasteiger partial charge in [-0.25, -0.2) is 0 Å². The zero-order chi connectivity index (χ0) is 20.3. The number of carbonyl (C=O) groups excluding carboxylic acids is 1. The third-order valence-electron chi connectivity index (χ3n) is 3.96. The molecule has 8 nitrogen and oxygen atoms in total. The van der Waals surface area contributed by atoms with Crippen molar-refractivity contribution in [2.45, 2.75) is 18.3 Å². The molecule has 0 aromatic heterocycles. The molecule has 2 aromatic rings. The van der Waals surface area contributed by atoms with E-state index in [1.807, 2.05) is 0 Å². The Kier molecular flexibility index (Phi) is 5.36. The van der Waals surface area contributed by atoms with Crippen molar-refractivity contribution in [2.24, 2.45) is 5.73 Å². The molecule has 0 radical (unpaired) electrons. The van der Waals surface area contributed by atoms with Crippen molar-refractivity contribution in [3.63, 3.8) is 0 Å². The van der Waals surface area contributed by atoms with Gasteiger partial charge in [0.1, 0.15) is 5.75 Å². The fourth-order valence-corrected chi connectivity index (χ4v) is 3.77. The highest BCUT2D eigenvalue weighted by Crippen LogP contribution is 2.32. The molecule has 9 heteroatoms. The van der Waals surface area contributed by atoms with Crippen molar-refractivity contribution in [3.8, 4) is 0 Å². The van der Waals surface area contributed by atoms with Crippen LogP contribution in [-0.2, 0) is 40.8 Å². The summed E-state index contributed by atoms with van der Waals surface area (Å²) in [6.07, 6.45) is -1.31. The number of hydrogen-bond acceptors (Lipinski definition) is 7. The van der Waals surface area contributed by atoms with Crippen molar-refractivity contribution in [1.29, 1.82) is 0 Å². The van der Waals surface area contributed by atoms with E-state index in [1.54, 1.807) is 42.5 Å². The molecule has 1 atom stereocenters. The Morgan fingerprint density at radius 2 is 1.71 bits per heavy atom. The molecule has 0 saturated heterocycles. The number of ether oxygens (including phenoxy) is 1. The summed E-state index contributed by atoms with van der Waals surface area (Å²) in [6, 6.07) is 14.5. The molecule has 3 N–H and O–H groups in total. The van der Waals surface area contributed by atoms with Gasteiger partial charge in [0.25, 0.3) is 0 Å². The highest BCUT2D eigenvalue weighted by atomic mass is 32.2. The standard InChI is InChI=1S/C19H17NO7S/c20-19-18(27-28(24,25)11-13-4-2-1-3-5-13)16(23)17(26-19)14-8-6-12(7-9-14)10-15(21)22/h1-9,17H,10-11,20H2,(H,21,22). The first-order chi connectivity index (χ1) is 13.2. The zero-order valence-corrected chi connectivity index (χ0v) is 15.4. The Labute approximate surface area is 161 Å². The van der Waals surface area contributed by atoms with Crippen LogP contribution in [0.15, 0.2) is 66.2 Å². The number of nitrogens with two attached hydrogens (primary N) is 1. The summed E-state index contributed by atoms with van der Waals surface area (Å²) in [7, 11) is -4.11. The number of aliphatic carboxylic acids is 1. The summed E-state index contributed by atoms with van der Waals surface area (Å²) in [5.41, 5.74) is 7.11. The molecule has 3 rings (SSSR count). The summed E-state index contributed by atoms with van der Waals surface area (Å²) < 4.78 is 34.7. The van der Waals surface area contributed by atoms with Gasteiger partial charge in [-0.3, -0.25) is 9.59 Å². The van der Waals surface area contributed by atoms with Gasteiger partial charge < -0.3 is 19.8 Å². The molecule has 1 aliphatic rings. The SMILES string of the molecule is NC1=C(OS(=O)(=O)Cc2ccccc2)C(=O)C(c2ccc(CC(=O)O)cc2)O1. The Bertz CT molecular complexity index is 1030. The van der Waals surface area contributed by atoms with E-state index in [2.05, 4.69) is 0 Å². The van der Waals surface area contributed by atoms with Crippen molar-refractivity contribution in [3.05, 3.63) is 82.9 Å². The van der Waals surface area contributed by atoms with E-state index in [0.29, 0.717) is 16.7 Å². The molecule has 0 fully saturated rings. The number of carbonyl (C=O) groups is 2. The first-order valence-corrected chi connectivity index (χ1v) is 9.80. The highest BCUT2D eigenvalue weighted by Gasteiger charge is 2.39. The summed E-state index contributed by atoms with van der Waals surface area (Å²) in [5.74, 6) is -3.10. The van der Waals surface area contributed by atoms with Gasteiger partial charge in [-0.05, 0) is 11.1 Å². The molecule has 0 saturated carbocycles. The third-order valence-corrected chi connectivity index (χ3v) is 5.07. The monoisotopic (exact) mass is 403 g/mol. The van der Waals surface area contributed by atoms with Gasteiger partial charge in [-0.15, -0.1) is 0 Å². The molecule has 0 amide bonds. The van der Waals surface area contributed by atoms with E-state index in [9.17, 15) is 18.0 Å². The highest BCUT2D eigenvalue weighted by molar-refractivity contribution is 7.86. The van der Waals surface area contributed by atoms with Gasteiger partial charge in [-0.2, -0.15) is 8.42 Å². The maximum atomic E-state index is 12.6. The second-order valence-corrected chi connectivity index (χ2v) is 7.71. The van der Waals surface area contributed by atoms with Crippen LogP contribution in [0.3, 0.4) is 0 Å². The molecule has 1 aliphatic heterocycles. The Hall–Kier alpha value is -3.33. The number of carboxylic acid groups (broad SMARTS) is 1. The van der Waals surface area contributed by atoms with Crippen molar-refractivity contribution in [1.82, 2.24) is 0 Å². The fraction of sp³-hybridized carbons (Fsp3) is 0.158. The van der Waals surface area contributed by atoms with Gasteiger partial charge in [0, 0.05) is 5.56 Å². The van der Waals surface area contributed by atoms with Crippen molar-refractivity contribution < 1.29 is 32.0 Å². The first-order valence-electron chi connectivity index (χ1n) is 8.22. The minimum absolute atomic E-state index is 0.160. The van der Waals surface area contributed by atoms with Crippen LogP contribution < -0.4 is 5.73 Å². The van der Waals surface area contributed by atoms with E-state index < -0.39 is 45.4 Å². The number of hydrogen-bond donors (Lipinski definition) is 2. The molecule has 1 heterocycles. The molecule has 146 valence electrons. The lowest BCUT2D eigenvalue weighted by Gasteiger charge is -2.10. The quantitative estimate of drug-likeness (QED) is 0.667. The second kappa shape index (κ2) is 7.73. The van der Waals surface area contributed by atoms with Crippen molar-refractivity contribution in [2.75, 3.05) is 0 Å². The predicted molar refractivity (Wildman–Crippen MR) is 98.0 cm³/mol. The van der Waals surface area contributed by atoms with Crippen molar-refractivity contribution >= 4 is 21.9 Å². The molecule has 28 heavy (non-hydrogen) atoms. The van der Waals surface area contributed by atoms with E-state index in [-0.39, 0.29) is 6.42 Å². The Morgan fingerprint density at radius 1 is 1.07 bits per heavy atom. The van der Waals surface area contributed by atoms with Crippen LogP contribution in [0.5, 0.6) is 0 Å². The van der Waals surface area contributed by atoms with Crippen LogP contribution in [0.1, 0.15) is 22.8 Å². The van der Waals surface area contributed by atoms with Crippen LogP contribution in [0.4, 0.5) is 0 Å².